The van der Waals surface area contributed by atoms with Crippen LogP contribution in [-0.4, -0.2) is 102 Å². The van der Waals surface area contributed by atoms with E-state index >= 15 is 0 Å². The number of aromatic amines is 1. The molecule has 5 rings (SSSR count). The van der Waals surface area contributed by atoms with E-state index in [0.717, 1.165) is 22.0 Å². The van der Waals surface area contributed by atoms with Crippen LogP contribution in [0.4, 0.5) is 22.0 Å². The van der Waals surface area contributed by atoms with E-state index in [9.17, 15) is 14.0 Å². The molecular formula is C28H36FN9O3. The number of hydrogen-bond acceptors (Lipinski definition) is 9. The molecule has 2 atom stereocenters. The summed E-state index contributed by atoms with van der Waals surface area (Å²) in [6.45, 7) is 8.98. The highest BCUT2D eigenvalue weighted by atomic mass is 19.1. The molecule has 13 heteroatoms. The predicted octanol–water partition coefficient (Wildman–Crippen LogP) is 2.64. The van der Waals surface area contributed by atoms with Gasteiger partial charge in [-0.25, -0.2) is 4.39 Å². The molecule has 0 spiro atoms. The average molecular weight is 566 g/mol. The second kappa shape index (κ2) is 11.2. The number of H-pyrrole nitrogens is 1. The summed E-state index contributed by atoms with van der Waals surface area (Å²) in [6, 6.07) is 3.66. The van der Waals surface area contributed by atoms with Gasteiger partial charge in [-0.15, -0.1) is 0 Å². The standard InChI is InChI=1S/C28H36FN9O3/c1-16-7-8-20-19(13-31-34-20)23(16)21-15-41-24-25(36(21)6)32-28(30-10-9-22(39)35(4)5)33-26(24)37-11-12-38(17(2)14-37)27(40)18(3)29/h7-8,13,17,21H,3,9-12,14-15H2,1-2,4-6H3,(H,31,34)(H,30,32,33)/t17-,21?/m1/s1. The summed E-state index contributed by atoms with van der Waals surface area (Å²) in [5.74, 6) is 0.415. The molecule has 0 radical (unpaired) electrons. The lowest BCUT2D eigenvalue weighted by Gasteiger charge is -2.42. The summed E-state index contributed by atoms with van der Waals surface area (Å²) in [5.41, 5.74) is 3.16. The topological polar surface area (TPSA) is 123 Å². The number of nitrogens with one attached hydrogen (secondary N) is 2. The van der Waals surface area contributed by atoms with Gasteiger partial charge in [-0.05, 0) is 31.0 Å². The molecule has 1 unspecified atom stereocenters. The maximum atomic E-state index is 13.6. The van der Waals surface area contributed by atoms with Crippen LogP contribution < -0.4 is 19.9 Å². The molecule has 4 heterocycles. The number of carbonyl (C=O) groups excluding carboxylic acids is 2. The van der Waals surface area contributed by atoms with Gasteiger partial charge in [0.1, 0.15) is 6.61 Å². The fourth-order valence-corrected chi connectivity index (χ4v) is 5.49. The number of benzene rings is 1. The number of halogens is 1. The zero-order valence-corrected chi connectivity index (χ0v) is 24.1. The number of piperazine rings is 1. The first-order valence-electron chi connectivity index (χ1n) is 13.6. The van der Waals surface area contributed by atoms with Crippen LogP contribution in [0.2, 0.25) is 0 Å². The summed E-state index contributed by atoms with van der Waals surface area (Å²) >= 11 is 0. The molecule has 41 heavy (non-hydrogen) atoms. The number of ether oxygens (including phenoxy) is 1. The van der Waals surface area contributed by atoms with E-state index in [1.807, 2.05) is 31.1 Å². The largest absolute Gasteiger partial charge is 0.484 e. The molecule has 1 fully saturated rings. The number of nitrogens with zero attached hydrogens (tertiary/aromatic N) is 7. The molecule has 12 nitrogen and oxygen atoms in total. The van der Waals surface area contributed by atoms with Crippen molar-refractivity contribution in [2.24, 2.45) is 0 Å². The fraction of sp³-hybridized carbons (Fsp3) is 0.464. The number of aromatic nitrogens is 4. The Bertz CT molecular complexity index is 1490. The Labute approximate surface area is 238 Å². The number of anilines is 3. The van der Waals surface area contributed by atoms with Crippen LogP contribution in [0.3, 0.4) is 0 Å². The molecule has 0 aliphatic carbocycles. The highest BCUT2D eigenvalue weighted by Gasteiger charge is 2.36. The summed E-state index contributed by atoms with van der Waals surface area (Å²) in [6.07, 6.45) is 2.11. The Morgan fingerprint density at radius 1 is 1.24 bits per heavy atom. The number of aryl methyl sites for hydroxylation is 1. The van der Waals surface area contributed by atoms with Crippen LogP contribution in [0.15, 0.2) is 30.7 Å². The van der Waals surface area contributed by atoms with Gasteiger partial charge in [0, 0.05) is 65.2 Å². The number of fused-ring (bicyclic) bond motifs is 2. The molecule has 3 aromatic rings. The van der Waals surface area contributed by atoms with Crippen LogP contribution >= 0.6 is 0 Å². The Balaban J connectivity index is 1.49. The lowest BCUT2D eigenvalue weighted by molar-refractivity contribution is -0.131. The second-order valence-corrected chi connectivity index (χ2v) is 10.8. The van der Waals surface area contributed by atoms with Crippen LogP contribution in [0, 0.1) is 6.92 Å². The number of likely N-dealkylation sites (N-methyl/N-ethyl adjacent to an activating group) is 1. The van der Waals surface area contributed by atoms with Crippen LogP contribution in [0.1, 0.15) is 30.5 Å². The zero-order valence-electron chi connectivity index (χ0n) is 24.1. The third-order valence-electron chi connectivity index (χ3n) is 7.77. The molecule has 0 bridgehead atoms. The van der Waals surface area contributed by atoms with Gasteiger partial charge in [0.15, 0.2) is 17.5 Å². The highest BCUT2D eigenvalue weighted by molar-refractivity contribution is 5.91. The van der Waals surface area contributed by atoms with Gasteiger partial charge in [-0.2, -0.15) is 15.1 Å². The van der Waals surface area contributed by atoms with Crippen molar-refractivity contribution in [1.82, 2.24) is 30.0 Å². The summed E-state index contributed by atoms with van der Waals surface area (Å²) in [4.78, 5) is 41.2. The molecule has 2 aliphatic rings. The second-order valence-electron chi connectivity index (χ2n) is 10.8. The van der Waals surface area contributed by atoms with Crippen LogP contribution in [0.5, 0.6) is 5.75 Å². The quantitative estimate of drug-likeness (QED) is 0.416. The van der Waals surface area contributed by atoms with Gasteiger partial charge in [-0.1, -0.05) is 12.6 Å². The smallest absolute Gasteiger partial charge is 0.282 e. The van der Waals surface area contributed by atoms with Gasteiger partial charge in [0.05, 0.1) is 17.8 Å². The van der Waals surface area contributed by atoms with Crippen LogP contribution in [-0.2, 0) is 9.59 Å². The minimum Gasteiger partial charge on any atom is -0.484 e. The van der Waals surface area contributed by atoms with Crippen molar-refractivity contribution in [2.45, 2.75) is 32.4 Å². The molecule has 218 valence electrons. The van der Waals surface area contributed by atoms with Crippen molar-refractivity contribution in [3.8, 4) is 5.75 Å². The van der Waals surface area contributed by atoms with E-state index in [4.69, 9.17) is 14.7 Å². The normalized spacial score (nSPS) is 18.6. The van der Waals surface area contributed by atoms with E-state index in [2.05, 4.69) is 40.0 Å². The molecule has 2 aliphatic heterocycles. The number of amides is 2. The molecule has 1 saturated heterocycles. The van der Waals surface area contributed by atoms with Crippen molar-refractivity contribution >= 4 is 40.3 Å². The first-order chi connectivity index (χ1) is 19.6. The monoisotopic (exact) mass is 565 g/mol. The average Bonchev–Trinajstić information content (AvgIpc) is 3.42. The van der Waals surface area contributed by atoms with Crippen LogP contribution in [0.25, 0.3) is 10.9 Å². The summed E-state index contributed by atoms with van der Waals surface area (Å²) in [5, 5.41) is 11.5. The third-order valence-corrected chi connectivity index (χ3v) is 7.77. The first kappa shape index (κ1) is 28.1. The van der Waals surface area contributed by atoms with E-state index in [1.165, 1.54) is 4.90 Å². The van der Waals surface area contributed by atoms with Gasteiger partial charge < -0.3 is 29.7 Å². The van der Waals surface area contributed by atoms with Crippen molar-refractivity contribution < 1.29 is 18.7 Å². The molecule has 0 saturated carbocycles. The fourth-order valence-electron chi connectivity index (χ4n) is 5.49. The number of carbonyl (C=O) groups is 2. The summed E-state index contributed by atoms with van der Waals surface area (Å²) < 4.78 is 20.0. The molecule has 1 aromatic carbocycles. The lowest BCUT2D eigenvalue weighted by atomic mass is 9.96. The zero-order chi connectivity index (χ0) is 29.4. The predicted molar refractivity (Wildman–Crippen MR) is 155 cm³/mol. The Kier molecular flexibility index (Phi) is 7.70. The SMILES string of the molecule is C=C(F)C(=O)N1CCN(c2nc(NCCC(=O)N(C)C)nc3c2OCC(c2c(C)ccc4[nH]ncc24)N3C)C[C@H]1C. The Morgan fingerprint density at radius 3 is 2.71 bits per heavy atom. The minimum atomic E-state index is -0.970. The van der Waals surface area contributed by atoms with E-state index in [-0.39, 0.29) is 24.4 Å². The maximum Gasteiger partial charge on any atom is 0.282 e. The third kappa shape index (κ3) is 5.35. The molecule has 2 N–H and O–H groups in total. The van der Waals surface area contributed by atoms with Crippen molar-refractivity contribution in [2.75, 3.05) is 69.0 Å². The van der Waals surface area contributed by atoms with Gasteiger partial charge in [-0.3, -0.25) is 14.7 Å². The van der Waals surface area contributed by atoms with Gasteiger partial charge in [0.25, 0.3) is 5.91 Å². The summed E-state index contributed by atoms with van der Waals surface area (Å²) in [7, 11) is 5.41. The van der Waals surface area contributed by atoms with Crippen molar-refractivity contribution in [1.29, 1.82) is 0 Å². The lowest BCUT2D eigenvalue weighted by Crippen LogP contribution is -2.54. The highest BCUT2D eigenvalue weighted by Crippen LogP contribution is 2.45. The van der Waals surface area contributed by atoms with Gasteiger partial charge in [0.2, 0.25) is 17.6 Å². The number of rotatable bonds is 7. The molecular weight excluding hydrogens is 529 g/mol. The Hall–Kier alpha value is -4.42. The Morgan fingerprint density at radius 2 is 2.00 bits per heavy atom. The van der Waals surface area contributed by atoms with E-state index in [1.54, 1.807) is 19.0 Å². The van der Waals surface area contributed by atoms with Gasteiger partial charge >= 0.3 is 0 Å². The van der Waals surface area contributed by atoms with E-state index < -0.39 is 11.7 Å². The molecule has 2 amide bonds. The van der Waals surface area contributed by atoms with Crippen molar-refractivity contribution in [3.05, 3.63) is 41.9 Å². The number of hydrogen-bond donors (Lipinski definition) is 2. The van der Waals surface area contributed by atoms with E-state index in [0.29, 0.717) is 56.1 Å². The maximum absolute atomic E-state index is 13.6. The minimum absolute atomic E-state index is 0.0102. The molecule has 2 aromatic heterocycles. The first-order valence-corrected chi connectivity index (χ1v) is 13.6. The van der Waals surface area contributed by atoms with Crippen molar-refractivity contribution in [3.63, 3.8) is 0 Å².